The summed E-state index contributed by atoms with van der Waals surface area (Å²) >= 11 is 3.43. The fourth-order valence-electron chi connectivity index (χ4n) is 2.10. The second-order valence-electron chi connectivity index (χ2n) is 5.02. The molecule has 0 spiro atoms. The van der Waals surface area contributed by atoms with Crippen molar-refractivity contribution in [2.45, 2.75) is 26.4 Å². The summed E-state index contributed by atoms with van der Waals surface area (Å²) in [6.07, 6.45) is 1.01. The summed E-state index contributed by atoms with van der Waals surface area (Å²) in [5, 5.41) is 6.14. The predicted octanol–water partition coefficient (Wildman–Crippen LogP) is 3.21. The maximum Gasteiger partial charge on any atom is 0.228 e. The van der Waals surface area contributed by atoms with Crippen molar-refractivity contribution < 1.29 is 9.53 Å². The third kappa shape index (κ3) is 4.96. The van der Waals surface area contributed by atoms with Gasteiger partial charge in [0, 0.05) is 22.8 Å². The van der Waals surface area contributed by atoms with E-state index >= 15 is 0 Å². The summed E-state index contributed by atoms with van der Waals surface area (Å²) in [6.45, 7) is 5.63. The Morgan fingerprint density at radius 1 is 1.45 bits per heavy atom. The van der Waals surface area contributed by atoms with Gasteiger partial charge in [-0.05, 0) is 38.9 Å². The Kier molecular flexibility index (Phi) is 6.79. The SMILES string of the molecule is CC(C)Oc1cc(Br)cc(NC(=O)C2CCNC2)c1.Cl. The number of nitrogens with one attached hydrogen (secondary N) is 2. The van der Waals surface area contributed by atoms with Gasteiger partial charge >= 0.3 is 0 Å². The molecular formula is C14H20BrClN2O2. The Morgan fingerprint density at radius 2 is 2.20 bits per heavy atom. The van der Waals surface area contributed by atoms with E-state index in [1.165, 1.54) is 0 Å². The van der Waals surface area contributed by atoms with Gasteiger partial charge in [0.2, 0.25) is 5.91 Å². The van der Waals surface area contributed by atoms with E-state index in [4.69, 9.17) is 4.74 Å². The van der Waals surface area contributed by atoms with E-state index in [0.29, 0.717) is 0 Å². The van der Waals surface area contributed by atoms with Crippen molar-refractivity contribution in [2.75, 3.05) is 18.4 Å². The molecule has 1 amide bonds. The number of amides is 1. The van der Waals surface area contributed by atoms with Crippen LogP contribution in [0.25, 0.3) is 0 Å². The van der Waals surface area contributed by atoms with Crippen molar-refractivity contribution in [3.63, 3.8) is 0 Å². The highest BCUT2D eigenvalue weighted by Gasteiger charge is 2.22. The van der Waals surface area contributed by atoms with Crippen LogP contribution in [-0.2, 0) is 4.79 Å². The van der Waals surface area contributed by atoms with Crippen LogP contribution in [0, 0.1) is 5.92 Å². The van der Waals surface area contributed by atoms with Gasteiger partial charge in [0.25, 0.3) is 0 Å². The highest BCUT2D eigenvalue weighted by molar-refractivity contribution is 9.10. The van der Waals surface area contributed by atoms with Crippen molar-refractivity contribution in [3.05, 3.63) is 22.7 Å². The summed E-state index contributed by atoms with van der Waals surface area (Å²) in [5.74, 6) is 0.885. The first-order valence-corrected chi connectivity index (χ1v) is 7.32. The standard InChI is InChI=1S/C14H19BrN2O2.ClH/c1-9(2)19-13-6-11(15)5-12(7-13)17-14(18)10-3-4-16-8-10;/h5-7,9-10,16H,3-4,8H2,1-2H3,(H,17,18);1H. The van der Waals surface area contributed by atoms with Gasteiger partial charge in [0.1, 0.15) is 5.75 Å². The topological polar surface area (TPSA) is 50.4 Å². The van der Waals surface area contributed by atoms with E-state index in [-0.39, 0.29) is 30.3 Å². The minimum absolute atomic E-state index is 0. The average molecular weight is 364 g/mol. The number of halogens is 2. The molecule has 0 aromatic heterocycles. The van der Waals surface area contributed by atoms with Crippen molar-refractivity contribution >= 4 is 39.9 Å². The van der Waals surface area contributed by atoms with Crippen LogP contribution < -0.4 is 15.4 Å². The third-order valence-electron chi connectivity index (χ3n) is 2.94. The molecule has 0 radical (unpaired) electrons. The lowest BCUT2D eigenvalue weighted by Crippen LogP contribution is -2.24. The largest absolute Gasteiger partial charge is 0.491 e. The first kappa shape index (κ1) is 17.3. The molecule has 1 atom stereocenters. The quantitative estimate of drug-likeness (QED) is 0.863. The van der Waals surface area contributed by atoms with Crippen molar-refractivity contribution in [1.82, 2.24) is 5.32 Å². The minimum atomic E-state index is 0. The number of ether oxygens (including phenoxy) is 1. The predicted molar refractivity (Wildman–Crippen MR) is 86.8 cm³/mol. The second kappa shape index (κ2) is 7.86. The van der Waals surface area contributed by atoms with Crippen molar-refractivity contribution in [1.29, 1.82) is 0 Å². The van der Waals surface area contributed by atoms with E-state index in [0.717, 1.165) is 35.4 Å². The number of anilines is 1. The number of hydrogen-bond donors (Lipinski definition) is 2. The maximum atomic E-state index is 12.1. The smallest absolute Gasteiger partial charge is 0.228 e. The van der Waals surface area contributed by atoms with Crippen LogP contribution in [-0.4, -0.2) is 25.1 Å². The van der Waals surface area contributed by atoms with Crippen molar-refractivity contribution in [3.8, 4) is 5.75 Å². The van der Waals surface area contributed by atoms with Crippen LogP contribution >= 0.6 is 28.3 Å². The summed E-state index contributed by atoms with van der Waals surface area (Å²) in [6, 6.07) is 5.63. The number of hydrogen-bond acceptors (Lipinski definition) is 3. The zero-order chi connectivity index (χ0) is 13.8. The Labute approximate surface area is 134 Å². The molecule has 0 aliphatic carbocycles. The van der Waals surface area contributed by atoms with E-state index in [9.17, 15) is 4.79 Å². The minimum Gasteiger partial charge on any atom is -0.491 e. The van der Waals surface area contributed by atoms with Gasteiger partial charge in [-0.1, -0.05) is 15.9 Å². The summed E-state index contributed by atoms with van der Waals surface area (Å²) in [5.41, 5.74) is 0.766. The van der Waals surface area contributed by atoms with E-state index in [1.54, 1.807) is 0 Å². The van der Waals surface area contributed by atoms with Crippen molar-refractivity contribution in [2.24, 2.45) is 5.92 Å². The Balaban J connectivity index is 0.00000200. The fourth-order valence-corrected chi connectivity index (χ4v) is 2.57. The Bertz CT molecular complexity index is 462. The van der Waals surface area contributed by atoms with Gasteiger partial charge in [-0.15, -0.1) is 12.4 Å². The van der Waals surface area contributed by atoms with Gasteiger partial charge in [0.05, 0.1) is 12.0 Å². The molecule has 1 heterocycles. The molecule has 1 unspecified atom stereocenters. The lowest BCUT2D eigenvalue weighted by atomic mass is 10.1. The lowest BCUT2D eigenvalue weighted by molar-refractivity contribution is -0.119. The Morgan fingerprint density at radius 3 is 2.80 bits per heavy atom. The molecule has 0 saturated carbocycles. The third-order valence-corrected chi connectivity index (χ3v) is 3.40. The van der Waals surface area contributed by atoms with Crippen LogP contribution in [0.2, 0.25) is 0 Å². The van der Waals surface area contributed by atoms with E-state index in [1.807, 2.05) is 32.0 Å². The number of rotatable bonds is 4. The lowest BCUT2D eigenvalue weighted by Gasteiger charge is -2.14. The zero-order valence-electron chi connectivity index (χ0n) is 11.6. The number of benzene rings is 1. The molecule has 2 rings (SSSR count). The molecule has 112 valence electrons. The highest BCUT2D eigenvalue weighted by Crippen LogP contribution is 2.26. The summed E-state index contributed by atoms with van der Waals surface area (Å²) < 4.78 is 6.54. The first-order chi connectivity index (χ1) is 9.04. The first-order valence-electron chi connectivity index (χ1n) is 6.53. The molecule has 1 aromatic rings. The van der Waals surface area contributed by atoms with Gasteiger partial charge in [-0.25, -0.2) is 0 Å². The summed E-state index contributed by atoms with van der Waals surface area (Å²) in [7, 11) is 0. The molecule has 4 nitrogen and oxygen atoms in total. The normalized spacial score (nSPS) is 17.7. The molecule has 0 bridgehead atoms. The van der Waals surface area contributed by atoms with Crippen LogP contribution in [0.5, 0.6) is 5.75 Å². The van der Waals surface area contributed by atoms with Crippen LogP contribution in [0.4, 0.5) is 5.69 Å². The molecule has 1 aromatic carbocycles. The van der Waals surface area contributed by atoms with E-state index in [2.05, 4.69) is 26.6 Å². The fraction of sp³-hybridized carbons (Fsp3) is 0.500. The maximum absolute atomic E-state index is 12.1. The Hall–Kier alpha value is -0.780. The highest BCUT2D eigenvalue weighted by atomic mass is 79.9. The van der Waals surface area contributed by atoms with Gasteiger partial charge in [-0.3, -0.25) is 4.79 Å². The molecule has 1 fully saturated rings. The molecule has 1 aliphatic rings. The monoisotopic (exact) mass is 362 g/mol. The van der Waals surface area contributed by atoms with Gasteiger partial charge in [0.15, 0.2) is 0 Å². The van der Waals surface area contributed by atoms with E-state index < -0.39 is 0 Å². The molecule has 20 heavy (non-hydrogen) atoms. The van der Waals surface area contributed by atoms with Crippen LogP contribution in [0.15, 0.2) is 22.7 Å². The average Bonchev–Trinajstić information content (AvgIpc) is 2.79. The number of carbonyl (C=O) groups is 1. The molecular weight excluding hydrogens is 344 g/mol. The molecule has 1 aliphatic heterocycles. The second-order valence-corrected chi connectivity index (χ2v) is 5.94. The molecule has 2 N–H and O–H groups in total. The van der Waals surface area contributed by atoms with Crippen LogP contribution in [0.3, 0.4) is 0 Å². The summed E-state index contributed by atoms with van der Waals surface area (Å²) in [4.78, 5) is 12.1. The van der Waals surface area contributed by atoms with Crippen LogP contribution in [0.1, 0.15) is 20.3 Å². The van der Waals surface area contributed by atoms with Gasteiger partial charge in [-0.2, -0.15) is 0 Å². The molecule has 6 heteroatoms. The van der Waals surface area contributed by atoms with Gasteiger partial charge < -0.3 is 15.4 Å². The zero-order valence-corrected chi connectivity index (χ0v) is 14.0. The number of carbonyl (C=O) groups excluding carboxylic acids is 1. The molecule has 1 saturated heterocycles.